The van der Waals surface area contributed by atoms with Gasteiger partial charge in [0.1, 0.15) is 5.56 Å². The largest absolute Gasteiger partial charge is 0.490 e. The number of ether oxygens (including phenoxy) is 3. The molecule has 1 aromatic rings. The predicted octanol–water partition coefficient (Wildman–Crippen LogP) is 2.13. The van der Waals surface area contributed by atoms with E-state index in [1.165, 1.54) is 25.3 Å². The number of para-hydroxylation sites is 1. The van der Waals surface area contributed by atoms with E-state index < -0.39 is 28.8 Å². The third-order valence-electron chi connectivity index (χ3n) is 4.10. The van der Waals surface area contributed by atoms with E-state index in [9.17, 15) is 19.7 Å². The van der Waals surface area contributed by atoms with Crippen LogP contribution in [0.4, 0.5) is 5.69 Å². The number of carbonyl (C=O) groups is 2. The van der Waals surface area contributed by atoms with Crippen molar-refractivity contribution in [2.45, 2.75) is 39.0 Å². The molecular weight excluding hydrogens is 344 g/mol. The van der Waals surface area contributed by atoms with Crippen LogP contribution in [0.2, 0.25) is 0 Å². The number of likely N-dealkylation sites (tertiary alicyclic amines) is 1. The molecular formula is C17H22N2O7. The number of nitro groups is 1. The molecule has 9 heteroatoms. The fraction of sp³-hybridized carbons (Fsp3) is 0.529. The van der Waals surface area contributed by atoms with Gasteiger partial charge in [-0.15, -0.1) is 0 Å². The van der Waals surface area contributed by atoms with Crippen LogP contribution < -0.4 is 4.74 Å². The van der Waals surface area contributed by atoms with Gasteiger partial charge in [-0.2, -0.15) is 0 Å². The van der Waals surface area contributed by atoms with Gasteiger partial charge in [-0.25, -0.2) is 0 Å². The van der Waals surface area contributed by atoms with Crippen molar-refractivity contribution >= 4 is 17.5 Å². The lowest BCUT2D eigenvalue weighted by Crippen LogP contribution is -2.42. The van der Waals surface area contributed by atoms with Crippen LogP contribution in [0, 0.1) is 10.1 Å². The lowest BCUT2D eigenvalue weighted by Gasteiger charge is -2.24. The van der Waals surface area contributed by atoms with Crippen LogP contribution in [0.15, 0.2) is 18.2 Å². The number of carbonyl (C=O) groups excluding carboxylic acids is 2. The summed E-state index contributed by atoms with van der Waals surface area (Å²) >= 11 is 0. The molecule has 2 rings (SSSR count). The summed E-state index contributed by atoms with van der Waals surface area (Å²) in [6.07, 6.45) is 0.140. The maximum atomic E-state index is 12.9. The van der Waals surface area contributed by atoms with E-state index in [1.54, 1.807) is 6.92 Å². The van der Waals surface area contributed by atoms with Crippen molar-refractivity contribution < 1.29 is 28.7 Å². The highest BCUT2D eigenvalue weighted by Gasteiger charge is 2.39. The molecule has 9 nitrogen and oxygen atoms in total. The van der Waals surface area contributed by atoms with Crippen molar-refractivity contribution in [3.8, 4) is 5.75 Å². The van der Waals surface area contributed by atoms with Gasteiger partial charge in [0.25, 0.3) is 5.91 Å². The van der Waals surface area contributed by atoms with Crippen LogP contribution >= 0.6 is 0 Å². The van der Waals surface area contributed by atoms with E-state index in [4.69, 9.17) is 14.2 Å². The molecule has 2 amide bonds. The molecule has 1 fully saturated rings. The first kappa shape index (κ1) is 19.8. The summed E-state index contributed by atoms with van der Waals surface area (Å²) in [6, 6.07) is 3.69. The van der Waals surface area contributed by atoms with Crippen LogP contribution in [0.1, 0.15) is 37.0 Å². The van der Waals surface area contributed by atoms with Gasteiger partial charge >= 0.3 is 5.69 Å². The Bertz CT molecular complexity index is 692. The molecule has 0 spiro atoms. The van der Waals surface area contributed by atoms with Crippen LogP contribution in [-0.2, 0) is 14.3 Å². The number of methoxy groups -OCH3 is 1. The first-order valence-electron chi connectivity index (χ1n) is 8.31. The number of rotatable bonds is 8. The summed E-state index contributed by atoms with van der Waals surface area (Å²) in [4.78, 5) is 36.9. The Hall–Kier alpha value is -2.52. The second kappa shape index (κ2) is 8.72. The minimum atomic E-state index is -0.726. The molecule has 26 heavy (non-hydrogen) atoms. The number of nitrogens with zero attached hydrogens (tertiary/aromatic N) is 2. The number of hydrogen-bond acceptors (Lipinski definition) is 7. The van der Waals surface area contributed by atoms with Crippen molar-refractivity contribution in [1.82, 2.24) is 4.90 Å². The van der Waals surface area contributed by atoms with Gasteiger partial charge in [0.2, 0.25) is 5.91 Å². The summed E-state index contributed by atoms with van der Waals surface area (Å²) in [6.45, 7) is 4.13. The van der Waals surface area contributed by atoms with E-state index >= 15 is 0 Å². The summed E-state index contributed by atoms with van der Waals surface area (Å²) in [7, 11) is 1.28. The molecule has 1 heterocycles. The van der Waals surface area contributed by atoms with Gasteiger partial charge in [-0.1, -0.05) is 6.07 Å². The zero-order valence-electron chi connectivity index (χ0n) is 15.0. The molecule has 0 aliphatic carbocycles. The Labute approximate surface area is 151 Å². The molecule has 0 bridgehead atoms. The Morgan fingerprint density at radius 2 is 2.15 bits per heavy atom. The highest BCUT2D eigenvalue weighted by atomic mass is 16.7. The van der Waals surface area contributed by atoms with Crippen molar-refractivity contribution in [2.24, 2.45) is 0 Å². The smallest absolute Gasteiger partial charge is 0.323 e. The Morgan fingerprint density at radius 1 is 1.42 bits per heavy atom. The Morgan fingerprint density at radius 3 is 2.77 bits per heavy atom. The number of imide groups is 1. The first-order valence-corrected chi connectivity index (χ1v) is 8.31. The summed E-state index contributed by atoms with van der Waals surface area (Å²) in [5, 5.41) is 11.4. The Kier molecular flexibility index (Phi) is 6.64. The standard InChI is InChI=1S/C17H22N2O7/c1-4-25-11(2)26-10-12-8-9-15(20)18(12)17(21)13-6-5-7-14(24-3)16(13)19(22)23/h5-7,11-12H,4,8-10H2,1-3H3/t11?,12-/m0/s1. The minimum Gasteiger partial charge on any atom is -0.490 e. The van der Waals surface area contributed by atoms with Crippen LogP contribution in [0.25, 0.3) is 0 Å². The van der Waals surface area contributed by atoms with Crippen LogP contribution in [0.3, 0.4) is 0 Å². The lowest BCUT2D eigenvalue weighted by atomic mass is 10.1. The molecule has 0 aromatic heterocycles. The highest BCUT2D eigenvalue weighted by Crippen LogP contribution is 2.33. The maximum Gasteiger partial charge on any atom is 0.323 e. The van der Waals surface area contributed by atoms with Crippen LogP contribution in [0.5, 0.6) is 5.75 Å². The number of hydrogen-bond donors (Lipinski definition) is 0. The molecule has 1 aliphatic heterocycles. The second-order valence-electron chi connectivity index (χ2n) is 5.73. The number of benzene rings is 1. The molecule has 0 radical (unpaired) electrons. The lowest BCUT2D eigenvalue weighted by molar-refractivity contribution is -0.386. The number of nitro benzene ring substituents is 1. The van der Waals surface area contributed by atoms with E-state index in [2.05, 4.69) is 0 Å². The third-order valence-corrected chi connectivity index (χ3v) is 4.10. The molecule has 1 aromatic carbocycles. The quantitative estimate of drug-likeness (QED) is 0.300. The van der Waals surface area contributed by atoms with Crippen molar-refractivity contribution in [2.75, 3.05) is 20.3 Å². The van der Waals surface area contributed by atoms with Crippen molar-refractivity contribution in [1.29, 1.82) is 0 Å². The van der Waals surface area contributed by atoms with E-state index in [-0.39, 0.29) is 30.2 Å². The first-order chi connectivity index (χ1) is 12.4. The molecule has 142 valence electrons. The summed E-state index contributed by atoms with van der Waals surface area (Å²) < 4.78 is 15.8. The third kappa shape index (κ3) is 4.17. The van der Waals surface area contributed by atoms with Gasteiger partial charge in [-0.3, -0.25) is 24.6 Å². The van der Waals surface area contributed by atoms with E-state index in [0.29, 0.717) is 13.0 Å². The topological polar surface area (TPSA) is 108 Å². The highest BCUT2D eigenvalue weighted by molar-refractivity contribution is 6.08. The number of amides is 2. The fourth-order valence-corrected chi connectivity index (χ4v) is 2.89. The van der Waals surface area contributed by atoms with Crippen molar-refractivity contribution in [3.05, 3.63) is 33.9 Å². The molecule has 0 saturated carbocycles. The van der Waals surface area contributed by atoms with Crippen molar-refractivity contribution in [3.63, 3.8) is 0 Å². The molecule has 1 unspecified atom stereocenters. The van der Waals surface area contributed by atoms with Crippen LogP contribution in [-0.4, -0.2) is 54.3 Å². The van der Waals surface area contributed by atoms with Gasteiger partial charge < -0.3 is 14.2 Å². The van der Waals surface area contributed by atoms with Gasteiger partial charge in [0.15, 0.2) is 12.0 Å². The SMILES string of the molecule is CCOC(C)OC[C@@H]1CCC(=O)N1C(=O)c1cccc(OC)c1[N+](=O)[O-]. The zero-order valence-corrected chi connectivity index (χ0v) is 15.0. The van der Waals surface area contributed by atoms with E-state index in [1.807, 2.05) is 6.92 Å². The monoisotopic (exact) mass is 366 g/mol. The average Bonchev–Trinajstić information content (AvgIpc) is 2.99. The molecule has 0 N–H and O–H groups in total. The second-order valence-corrected chi connectivity index (χ2v) is 5.73. The molecule has 1 saturated heterocycles. The Balaban J connectivity index is 2.26. The van der Waals surface area contributed by atoms with E-state index in [0.717, 1.165) is 4.90 Å². The predicted molar refractivity (Wildman–Crippen MR) is 90.9 cm³/mol. The zero-order chi connectivity index (χ0) is 19.3. The molecule has 1 aliphatic rings. The molecule has 2 atom stereocenters. The minimum absolute atomic E-state index is 0.0368. The summed E-state index contributed by atoms with van der Waals surface area (Å²) in [5.41, 5.74) is -0.644. The fourth-order valence-electron chi connectivity index (χ4n) is 2.89. The van der Waals surface area contributed by atoms with Gasteiger partial charge in [0.05, 0.1) is 24.7 Å². The van der Waals surface area contributed by atoms with Gasteiger partial charge in [-0.05, 0) is 32.4 Å². The average molecular weight is 366 g/mol. The van der Waals surface area contributed by atoms with Gasteiger partial charge in [0, 0.05) is 13.0 Å². The normalized spacial score (nSPS) is 18.0. The summed E-state index contributed by atoms with van der Waals surface area (Å²) in [5.74, 6) is -1.15. The maximum absolute atomic E-state index is 12.9.